The molecule has 0 radical (unpaired) electrons. The summed E-state index contributed by atoms with van der Waals surface area (Å²) in [6.45, 7) is 4.09. The minimum Gasteiger partial charge on any atom is -0.460 e. The molecule has 3 aromatic rings. The average molecular weight is 454 g/mol. The molecule has 0 bridgehead atoms. The number of likely N-dealkylation sites (tertiary alicyclic amines) is 1. The molecule has 0 amide bonds. The number of nitrogens with zero attached hydrogens (tertiary/aromatic N) is 1. The lowest BCUT2D eigenvalue weighted by atomic mass is 10.0. The Hall–Kier alpha value is -1.49. The fourth-order valence-electron chi connectivity index (χ4n) is 3.65. The van der Waals surface area contributed by atoms with Gasteiger partial charge in [-0.25, -0.2) is 0 Å². The summed E-state index contributed by atoms with van der Waals surface area (Å²) in [6, 6.07) is 23.1. The van der Waals surface area contributed by atoms with Crippen LogP contribution in [0, 0.1) is 0 Å². The van der Waals surface area contributed by atoms with E-state index in [2.05, 4.69) is 40.5 Å². The first-order valence-corrected chi connectivity index (χ1v) is 9.98. The van der Waals surface area contributed by atoms with Gasteiger partial charge in [0.25, 0.3) is 0 Å². The van der Waals surface area contributed by atoms with Crippen molar-refractivity contribution in [2.45, 2.75) is 32.0 Å². The van der Waals surface area contributed by atoms with Gasteiger partial charge in [-0.3, -0.25) is 4.90 Å². The maximum absolute atomic E-state index is 6.07. The second-order valence-corrected chi connectivity index (χ2v) is 7.63. The van der Waals surface area contributed by atoms with Gasteiger partial charge in [0.1, 0.15) is 11.5 Å². The molecule has 3 nitrogen and oxygen atoms in total. The zero-order valence-electron chi connectivity index (χ0n) is 16.2. The van der Waals surface area contributed by atoms with Crippen LogP contribution in [0.5, 0.6) is 0 Å². The molecule has 1 aliphatic heterocycles. The Balaban J connectivity index is 0.00000150. The maximum atomic E-state index is 6.07. The number of nitrogens with one attached hydrogen (secondary N) is 1. The average Bonchev–Trinajstić information content (AvgIpc) is 3.17. The van der Waals surface area contributed by atoms with Gasteiger partial charge in [-0.1, -0.05) is 54.1 Å². The Bertz CT molecular complexity index is 861. The van der Waals surface area contributed by atoms with Crippen LogP contribution in [0.25, 0.3) is 11.3 Å². The summed E-state index contributed by atoms with van der Waals surface area (Å²) in [5.41, 5.74) is 2.41. The molecule has 1 fully saturated rings. The predicted molar refractivity (Wildman–Crippen MR) is 125 cm³/mol. The lowest BCUT2D eigenvalue weighted by Gasteiger charge is -2.32. The van der Waals surface area contributed by atoms with Gasteiger partial charge in [-0.2, -0.15) is 0 Å². The second kappa shape index (κ2) is 11.6. The summed E-state index contributed by atoms with van der Waals surface area (Å²) < 4.78 is 5.98. The van der Waals surface area contributed by atoms with Crippen LogP contribution < -0.4 is 5.32 Å². The van der Waals surface area contributed by atoms with Crippen LogP contribution in [-0.2, 0) is 13.1 Å². The topological polar surface area (TPSA) is 28.4 Å². The highest BCUT2D eigenvalue weighted by Crippen LogP contribution is 2.25. The molecule has 1 N–H and O–H groups in total. The molecule has 2 aromatic carbocycles. The molecule has 0 spiro atoms. The second-order valence-electron chi connectivity index (χ2n) is 7.19. The SMILES string of the molecule is Cl.Cl.Clc1cccc(-c2ccc(CNC3CCN(Cc4ccccc4)CC3)o2)c1. The summed E-state index contributed by atoms with van der Waals surface area (Å²) in [6.07, 6.45) is 2.35. The zero-order valence-corrected chi connectivity index (χ0v) is 18.6. The third-order valence-electron chi connectivity index (χ3n) is 5.17. The van der Waals surface area contributed by atoms with Gasteiger partial charge in [0, 0.05) is 23.2 Å². The minimum atomic E-state index is 0. The monoisotopic (exact) mass is 452 g/mol. The Morgan fingerprint density at radius 3 is 2.41 bits per heavy atom. The van der Waals surface area contributed by atoms with Gasteiger partial charge in [-0.05, 0) is 55.8 Å². The van der Waals surface area contributed by atoms with Crippen molar-refractivity contribution >= 4 is 36.4 Å². The summed E-state index contributed by atoms with van der Waals surface area (Å²) in [7, 11) is 0. The van der Waals surface area contributed by atoms with Gasteiger partial charge in [0.05, 0.1) is 6.54 Å². The van der Waals surface area contributed by atoms with Crippen LogP contribution in [0.3, 0.4) is 0 Å². The van der Waals surface area contributed by atoms with Crippen LogP contribution in [0.15, 0.2) is 71.1 Å². The first-order chi connectivity index (χ1) is 13.3. The van der Waals surface area contributed by atoms with Crippen molar-refractivity contribution in [3.05, 3.63) is 83.1 Å². The summed E-state index contributed by atoms with van der Waals surface area (Å²) in [5, 5.41) is 4.38. The molecule has 29 heavy (non-hydrogen) atoms. The molecule has 6 heteroatoms. The fraction of sp³-hybridized carbons (Fsp3) is 0.304. The molecule has 1 aliphatic rings. The van der Waals surface area contributed by atoms with Crippen LogP contribution in [-0.4, -0.2) is 24.0 Å². The van der Waals surface area contributed by atoms with Crippen LogP contribution in [0.4, 0.5) is 0 Å². The van der Waals surface area contributed by atoms with E-state index in [1.807, 2.05) is 36.4 Å². The summed E-state index contributed by atoms with van der Waals surface area (Å²) in [5.74, 6) is 1.84. The molecule has 1 aromatic heterocycles. The minimum absolute atomic E-state index is 0. The smallest absolute Gasteiger partial charge is 0.134 e. The van der Waals surface area contributed by atoms with Crippen LogP contribution >= 0.6 is 36.4 Å². The first kappa shape index (κ1) is 23.8. The highest BCUT2D eigenvalue weighted by Gasteiger charge is 2.19. The van der Waals surface area contributed by atoms with E-state index in [1.54, 1.807) is 0 Å². The molecule has 1 saturated heterocycles. The van der Waals surface area contributed by atoms with E-state index in [4.69, 9.17) is 16.0 Å². The number of piperidine rings is 1. The number of halogens is 3. The number of furan rings is 1. The molecule has 2 heterocycles. The number of hydrogen-bond acceptors (Lipinski definition) is 3. The Morgan fingerprint density at radius 1 is 0.931 bits per heavy atom. The first-order valence-electron chi connectivity index (χ1n) is 9.60. The number of rotatable bonds is 6. The van der Waals surface area contributed by atoms with Gasteiger partial charge >= 0.3 is 0 Å². The standard InChI is InChI=1S/C23H25ClN2O.2ClH/c24-20-8-4-7-19(15-20)23-10-9-22(27-23)16-25-21-11-13-26(14-12-21)17-18-5-2-1-3-6-18;;/h1-10,15,21,25H,11-14,16-17H2;2*1H. The highest BCUT2D eigenvalue weighted by molar-refractivity contribution is 6.30. The Kier molecular flexibility index (Phi) is 9.54. The normalized spacial score (nSPS) is 14.8. The lowest BCUT2D eigenvalue weighted by molar-refractivity contribution is 0.189. The quantitative estimate of drug-likeness (QED) is 0.482. The van der Waals surface area contributed by atoms with Crippen molar-refractivity contribution in [1.82, 2.24) is 10.2 Å². The number of hydrogen-bond donors (Lipinski definition) is 1. The third kappa shape index (κ3) is 6.77. The van der Waals surface area contributed by atoms with E-state index in [-0.39, 0.29) is 24.8 Å². The van der Waals surface area contributed by atoms with Gasteiger partial charge < -0.3 is 9.73 Å². The highest BCUT2D eigenvalue weighted by atomic mass is 35.5. The number of benzene rings is 2. The van der Waals surface area contributed by atoms with Crippen molar-refractivity contribution < 1.29 is 4.42 Å². The lowest BCUT2D eigenvalue weighted by Crippen LogP contribution is -2.41. The van der Waals surface area contributed by atoms with E-state index in [0.717, 1.165) is 48.3 Å². The molecule has 0 atom stereocenters. The van der Waals surface area contributed by atoms with E-state index in [0.29, 0.717) is 6.04 Å². The van der Waals surface area contributed by atoms with Crippen molar-refractivity contribution in [2.24, 2.45) is 0 Å². The van der Waals surface area contributed by atoms with Crippen molar-refractivity contribution in [2.75, 3.05) is 13.1 Å². The van der Waals surface area contributed by atoms with Crippen molar-refractivity contribution in [3.63, 3.8) is 0 Å². The molecule has 4 rings (SSSR count). The van der Waals surface area contributed by atoms with Gasteiger partial charge in [0.15, 0.2) is 0 Å². The predicted octanol–water partition coefficient (Wildman–Crippen LogP) is 6.20. The van der Waals surface area contributed by atoms with Crippen LogP contribution in [0.1, 0.15) is 24.2 Å². The Morgan fingerprint density at radius 2 is 1.69 bits per heavy atom. The fourth-order valence-corrected chi connectivity index (χ4v) is 3.84. The van der Waals surface area contributed by atoms with E-state index in [1.165, 1.54) is 18.4 Å². The third-order valence-corrected chi connectivity index (χ3v) is 5.41. The molecule has 0 unspecified atom stereocenters. The molecular weight excluding hydrogens is 427 g/mol. The van der Waals surface area contributed by atoms with E-state index in [9.17, 15) is 0 Å². The van der Waals surface area contributed by atoms with Gasteiger partial charge in [-0.15, -0.1) is 24.8 Å². The van der Waals surface area contributed by atoms with Crippen molar-refractivity contribution in [3.8, 4) is 11.3 Å². The zero-order chi connectivity index (χ0) is 18.5. The van der Waals surface area contributed by atoms with Crippen molar-refractivity contribution in [1.29, 1.82) is 0 Å². The summed E-state index contributed by atoms with van der Waals surface area (Å²) >= 11 is 6.07. The van der Waals surface area contributed by atoms with E-state index < -0.39 is 0 Å². The molecule has 0 aliphatic carbocycles. The van der Waals surface area contributed by atoms with Gasteiger partial charge in [0.2, 0.25) is 0 Å². The maximum Gasteiger partial charge on any atom is 0.134 e. The molecular formula is C23H27Cl3N2O. The molecule has 156 valence electrons. The van der Waals surface area contributed by atoms with Crippen LogP contribution in [0.2, 0.25) is 5.02 Å². The van der Waals surface area contributed by atoms with E-state index >= 15 is 0 Å². The largest absolute Gasteiger partial charge is 0.460 e. The Labute approximate surface area is 190 Å². The summed E-state index contributed by atoms with van der Waals surface area (Å²) in [4.78, 5) is 2.54. The molecule has 0 saturated carbocycles.